The first-order valence-electron chi connectivity index (χ1n) is 12.4. The second-order valence-corrected chi connectivity index (χ2v) is 11.1. The minimum atomic E-state index is 0.720. The summed E-state index contributed by atoms with van der Waals surface area (Å²) >= 11 is 0. The standard InChI is InChI=1S/C26H45N/c1-6-26-15-14-18(3)16-20(26)8-9-24-23-11-10-21(19(4)17-27(5)7-2)22(23)12-13-25(24)26/h18,20-25H,4,6-17H2,1-3,5H3. The van der Waals surface area contributed by atoms with Gasteiger partial charge in [0.15, 0.2) is 0 Å². The van der Waals surface area contributed by atoms with Crippen LogP contribution in [0.2, 0.25) is 0 Å². The molecule has 4 rings (SSSR count). The van der Waals surface area contributed by atoms with Gasteiger partial charge in [-0.25, -0.2) is 0 Å². The lowest BCUT2D eigenvalue weighted by Crippen LogP contribution is -2.52. The van der Waals surface area contributed by atoms with Crippen LogP contribution in [-0.4, -0.2) is 25.0 Å². The zero-order valence-corrected chi connectivity index (χ0v) is 18.7. The van der Waals surface area contributed by atoms with Gasteiger partial charge in [-0.05, 0) is 118 Å². The van der Waals surface area contributed by atoms with Gasteiger partial charge >= 0.3 is 0 Å². The molecule has 0 radical (unpaired) electrons. The third-order valence-electron chi connectivity index (χ3n) is 10.1. The smallest absolute Gasteiger partial charge is 0.0189 e. The molecule has 0 heterocycles. The van der Waals surface area contributed by atoms with E-state index in [2.05, 4.69) is 39.3 Å². The van der Waals surface area contributed by atoms with Crippen molar-refractivity contribution in [2.75, 3.05) is 20.1 Å². The lowest BCUT2D eigenvalue weighted by atomic mass is 9.45. The SMILES string of the molecule is C=C(CN(C)CC)C1CCC2C1CCC1C2CCC2CC(C)CCC21CC. The minimum Gasteiger partial charge on any atom is -0.303 e. The quantitative estimate of drug-likeness (QED) is 0.481. The Hall–Kier alpha value is -0.300. The number of hydrogen-bond donors (Lipinski definition) is 0. The summed E-state index contributed by atoms with van der Waals surface area (Å²) in [6.07, 6.45) is 15.1. The Kier molecular flexibility index (Phi) is 5.81. The molecular weight excluding hydrogens is 326 g/mol. The molecular formula is C26H45N. The van der Waals surface area contributed by atoms with Crippen molar-refractivity contribution in [1.29, 1.82) is 0 Å². The van der Waals surface area contributed by atoms with Gasteiger partial charge in [-0.3, -0.25) is 0 Å². The summed E-state index contributed by atoms with van der Waals surface area (Å²) in [5.74, 6) is 6.96. The van der Waals surface area contributed by atoms with E-state index in [9.17, 15) is 0 Å². The maximum absolute atomic E-state index is 4.58. The molecule has 0 amide bonds. The van der Waals surface area contributed by atoms with E-state index in [0.29, 0.717) is 0 Å². The highest BCUT2D eigenvalue weighted by Gasteiger charge is 2.57. The number of hydrogen-bond acceptors (Lipinski definition) is 1. The van der Waals surface area contributed by atoms with Crippen LogP contribution in [-0.2, 0) is 0 Å². The molecule has 27 heavy (non-hydrogen) atoms. The van der Waals surface area contributed by atoms with Crippen LogP contribution < -0.4 is 0 Å². The van der Waals surface area contributed by atoms with E-state index in [4.69, 9.17) is 0 Å². The topological polar surface area (TPSA) is 3.24 Å². The molecule has 154 valence electrons. The van der Waals surface area contributed by atoms with Crippen molar-refractivity contribution in [3.63, 3.8) is 0 Å². The van der Waals surface area contributed by atoms with Gasteiger partial charge in [-0.15, -0.1) is 0 Å². The summed E-state index contributed by atoms with van der Waals surface area (Å²) in [4.78, 5) is 2.45. The van der Waals surface area contributed by atoms with E-state index in [0.717, 1.165) is 59.9 Å². The van der Waals surface area contributed by atoms with E-state index in [-0.39, 0.29) is 0 Å². The fraction of sp³-hybridized carbons (Fsp3) is 0.923. The van der Waals surface area contributed by atoms with Gasteiger partial charge in [0.2, 0.25) is 0 Å². The largest absolute Gasteiger partial charge is 0.303 e. The molecule has 1 heteroatoms. The predicted molar refractivity (Wildman–Crippen MR) is 117 cm³/mol. The molecule has 0 saturated heterocycles. The number of fused-ring (bicyclic) bond motifs is 5. The number of rotatable bonds is 5. The van der Waals surface area contributed by atoms with Crippen LogP contribution in [0.4, 0.5) is 0 Å². The molecule has 4 saturated carbocycles. The monoisotopic (exact) mass is 371 g/mol. The molecule has 0 bridgehead atoms. The highest BCUT2D eigenvalue weighted by Crippen LogP contribution is 2.65. The fourth-order valence-corrected chi connectivity index (χ4v) is 8.71. The van der Waals surface area contributed by atoms with E-state index in [1.807, 2.05) is 0 Å². The molecule has 8 atom stereocenters. The van der Waals surface area contributed by atoms with Crippen LogP contribution in [0.25, 0.3) is 0 Å². The van der Waals surface area contributed by atoms with Gasteiger partial charge in [0.05, 0.1) is 0 Å². The molecule has 0 aromatic carbocycles. The van der Waals surface area contributed by atoms with Gasteiger partial charge in [-0.2, -0.15) is 0 Å². The van der Waals surface area contributed by atoms with Crippen LogP contribution in [0.1, 0.15) is 85.0 Å². The van der Waals surface area contributed by atoms with Crippen molar-refractivity contribution < 1.29 is 0 Å². The molecule has 0 aromatic heterocycles. The van der Waals surface area contributed by atoms with Gasteiger partial charge in [0, 0.05) is 6.54 Å². The zero-order chi connectivity index (χ0) is 19.2. The lowest BCUT2D eigenvalue weighted by Gasteiger charge is -2.60. The van der Waals surface area contributed by atoms with Crippen molar-refractivity contribution in [2.45, 2.75) is 85.0 Å². The van der Waals surface area contributed by atoms with Gasteiger partial charge in [-0.1, -0.05) is 39.3 Å². The molecule has 1 nitrogen and oxygen atoms in total. The summed E-state index contributed by atoms with van der Waals surface area (Å²) < 4.78 is 0. The van der Waals surface area contributed by atoms with E-state index in [1.54, 1.807) is 24.8 Å². The van der Waals surface area contributed by atoms with Crippen molar-refractivity contribution in [2.24, 2.45) is 46.8 Å². The maximum atomic E-state index is 4.58. The molecule has 0 spiro atoms. The Morgan fingerprint density at radius 2 is 1.70 bits per heavy atom. The normalized spacial score (nSPS) is 46.6. The number of likely N-dealkylation sites (N-methyl/N-ethyl adjacent to an activating group) is 1. The summed E-state index contributed by atoms with van der Waals surface area (Å²) in [5.41, 5.74) is 2.27. The van der Waals surface area contributed by atoms with Crippen molar-refractivity contribution in [1.82, 2.24) is 4.90 Å². The van der Waals surface area contributed by atoms with Gasteiger partial charge < -0.3 is 4.90 Å². The Balaban J connectivity index is 1.50. The van der Waals surface area contributed by atoms with Crippen LogP contribution in [0.3, 0.4) is 0 Å². The van der Waals surface area contributed by atoms with E-state index < -0.39 is 0 Å². The first kappa shape index (κ1) is 20.0. The van der Waals surface area contributed by atoms with Gasteiger partial charge in [0.1, 0.15) is 0 Å². The second kappa shape index (κ2) is 7.85. The zero-order valence-electron chi connectivity index (χ0n) is 18.7. The Morgan fingerprint density at radius 1 is 0.963 bits per heavy atom. The van der Waals surface area contributed by atoms with Crippen LogP contribution in [0.5, 0.6) is 0 Å². The minimum absolute atomic E-state index is 0.720. The first-order valence-corrected chi connectivity index (χ1v) is 12.4. The van der Waals surface area contributed by atoms with E-state index >= 15 is 0 Å². The van der Waals surface area contributed by atoms with Crippen LogP contribution >= 0.6 is 0 Å². The number of nitrogens with zero attached hydrogens (tertiary/aromatic N) is 1. The Labute approximate surface area is 169 Å². The first-order chi connectivity index (χ1) is 13.0. The van der Waals surface area contributed by atoms with E-state index in [1.165, 1.54) is 44.9 Å². The molecule has 4 fully saturated rings. The van der Waals surface area contributed by atoms with Crippen LogP contribution in [0, 0.1) is 46.8 Å². The summed E-state index contributed by atoms with van der Waals surface area (Å²) in [7, 11) is 2.25. The summed E-state index contributed by atoms with van der Waals surface area (Å²) in [6, 6.07) is 0. The molecule has 4 aliphatic rings. The maximum Gasteiger partial charge on any atom is 0.0189 e. The van der Waals surface area contributed by atoms with Crippen LogP contribution in [0.15, 0.2) is 12.2 Å². The highest BCUT2D eigenvalue weighted by molar-refractivity contribution is 5.13. The predicted octanol–water partition coefficient (Wildman–Crippen LogP) is 6.79. The molecule has 8 unspecified atom stereocenters. The Bertz CT molecular complexity index is 538. The van der Waals surface area contributed by atoms with Crippen molar-refractivity contribution in [3.8, 4) is 0 Å². The average Bonchev–Trinajstić information content (AvgIpc) is 3.11. The summed E-state index contributed by atoms with van der Waals surface area (Å²) in [6.45, 7) is 14.2. The van der Waals surface area contributed by atoms with Crippen molar-refractivity contribution >= 4 is 0 Å². The molecule has 0 aromatic rings. The Morgan fingerprint density at radius 3 is 2.44 bits per heavy atom. The average molecular weight is 372 g/mol. The summed E-state index contributed by atoms with van der Waals surface area (Å²) in [5, 5.41) is 0. The second-order valence-electron chi connectivity index (χ2n) is 11.1. The molecule has 0 aliphatic heterocycles. The molecule has 0 N–H and O–H groups in total. The van der Waals surface area contributed by atoms with Gasteiger partial charge in [0.25, 0.3) is 0 Å². The highest BCUT2D eigenvalue weighted by atomic mass is 15.1. The third kappa shape index (κ3) is 3.34. The van der Waals surface area contributed by atoms with Crippen molar-refractivity contribution in [3.05, 3.63) is 12.2 Å². The lowest BCUT2D eigenvalue weighted by molar-refractivity contribution is -0.107. The fourth-order valence-electron chi connectivity index (χ4n) is 8.71. The molecule has 4 aliphatic carbocycles. The third-order valence-corrected chi connectivity index (χ3v) is 10.1.